The predicted molar refractivity (Wildman–Crippen MR) is 84.4 cm³/mol. The van der Waals surface area contributed by atoms with E-state index < -0.39 is 0 Å². The molecule has 19 heavy (non-hydrogen) atoms. The third kappa shape index (κ3) is 3.80. The highest BCUT2D eigenvalue weighted by molar-refractivity contribution is 9.10. The molecule has 0 aliphatic heterocycles. The van der Waals surface area contributed by atoms with E-state index in [1.54, 1.807) is 0 Å². The Bertz CT molecular complexity index is 541. The summed E-state index contributed by atoms with van der Waals surface area (Å²) >= 11 is 3.55. The second kappa shape index (κ2) is 5.74. The Morgan fingerprint density at radius 2 is 1.84 bits per heavy atom. The SMILES string of the molecule is CC(C)(C)c1ccc(NCc2ccccc2Br)nc1. The van der Waals surface area contributed by atoms with Gasteiger partial charge in [-0.15, -0.1) is 0 Å². The smallest absolute Gasteiger partial charge is 0.126 e. The van der Waals surface area contributed by atoms with Gasteiger partial charge in [0.05, 0.1) is 0 Å². The average Bonchev–Trinajstić information content (AvgIpc) is 2.37. The number of hydrogen-bond acceptors (Lipinski definition) is 2. The lowest BCUT2D eigenvalue weighted by Gasteiger charge is -2.18. The van der Waals surface area contributed by atoms with Gasteiger partial charge in [-0.25, -0.2) is 4.98 Å². The molecular formula is C16H19BrN2. The highest BCUT2D eigenvalue weighted by Crippen LogP contribution is 2.22. The number of benzene rings is 1. The van der Waals surface area contributed by atoms with Gasteiger partial charge in [-0.05, 0) is 28.7 Å². The van der Waals surface area contributed by atoms with Crippen molar-refractivity contribution in [2.24, 2.45) is 0 Å². The third-order valence-corrected chi connectivity index (χ3v) is 3.82. The van der Waals surface area contributed by atoms with Crippen LogP contribution in [-0.4, -0.2) is 4.98 Å². The van der Waals surface area contributed by atoms with E-state index in [0.29, 0.717) is 0 Å². The summed E-state index contributed by atoms with van der Waals surface area (Å²) in [6.45, 7) is 7.35. The van der Waals surface area contributed by atoms with Crippen LogP contribution in [0.15, 0.2) is 47.1 Å². The largest absolute Gasteiger partial charge is 0.366 e. The molecule has 1 N–H and O–H groups in total. The van der Waals surface area contributed by atoms with E-state index in [1.807, 2.05) is 30.5 Å². The Labute approximate surface area is 123 Å². The normalized spacial score (nSPS) is 11.4. The second-order valence-electron chi connectivity index (χ2n) is 5.63. The van der Waals surface area contributed by atoms with Gasteiger partial charge in [0.1, 0.15) is 5.82 Å². The van der Waals surface area contributed by atoms with Gasteiger partial charge in [-0.3, -0.25) is 0 Å². The molecule has 1 heterocycles. The zero-order chi connectivity index (χ0) is 13.9. The maximum Gasteiger partial charge on any atom is 0.126 e. The van der Waals surface area contributed by atoms with E-state index in [9.17, 15) is 0 Å². The van der Waals surface area contributed by atoms with Crippen LogP contribution >= 0.6 is 15.9 Å². The van der Waals surface area contributed by atoms with Crippen molar-refractivity contribution in [3.8, 4) is 0 Å². The van der Waals surface area contributed by atoms with Gasteiger partial charge >= 0.3 is 0 Å². The van der Waals surface area contributed by atoms with Gasteiger partial charge in [-0.1, -0.05) is 61.0 Å². The van der Waals surface area contributed by atoms with Crippen LogP contribution in [0.5, 0.6) is 0 Å². The van der Waals surface area contributed by atoms with Crippen molar-refractivity contribution in [3.05, 3.63) is 58.2 Å². The first-order valence-electron chi connectivity index (χ1n) is 6.40. The molecule has 0 aliphatic rings. The Balaban J connectivity index is 2.03. The Kier molecular flexibility index (Phi) is 4.25. The summed E-state index contributed by atoms with van der Waals surface area (Å²) in [4.78, 5) is 4.46. The van der Waals surface area contributed by atoms with Gasteiger partial charge in [0.15, 0.2) is 0 Å². The summed E-state index contributed by atoms with van der Waals surface area (Å²) in [5.41, 5.74) is 2.62. The number of nitrogens with zero attached hydrogens (tertiary/aromatic N) is 1. The fourth-order valence-corrected chi connectivity index (χ4v) is 2.19. The third-order valence-electron chi connectivity index (χ3n) is 3.05. The van der Waals surface area contributed by atoms with E-state index in [1.165, 1.54) is 11.1 Å². The first kappa shape index (κ1) is 14.1. The van der Waals surface area contributed by atoms with Gasteiger partial charge in [0.2, 0.25) is 0 Å². The molecule has 0 bridgehead atoms. The summed E-state index contributed by atoms with van der Waals surface area (Å²) < 4.78 is 1.12. The average molecular weight is 319 g/mol. The van der Waals surface area contributed by atoms with Crippen LogP contribution < -0.4 is 5.32 Å². The van der Waals surface area contributed by atoms with Gasteiger partial charge < -0.3 is 5.32 Å². The monoisotopic (exact) mass is 318 g/mol. The van der Waals surface area contributed by atoms with E-state index in [-0.39, 0.29) is 5.41 Å². The fourth-order valence-electron chi connectivity index (χ4n) is 1.77. The molecule has 0 spiro atoms. The molecule has 0 amide bonds. The topological polar surface area (TPSA) is 24.9 Å². The van der Waals surface area contributed by atoms with Crippen LogP contribution in [0.1, 0.15) is 31.9 Å². The number of hydrogen-bond donors (Lipinski definition) is 1. The molecule has 3 heteroatoms. The summed E-state index contributed by atoms with van der Waals surface area (Å²) in [5.74, 6) is 0.906. The molecule has 2 nitrogen and oxygen atoms in total. The van der Waals surface area contributed by atoms with Crippen molar-refractivity contribution >= 4 is 21.7 Å². The summed E-state index contributed by atoms with van der Waals surface area (Å²) in [7, 11) is 0. The lowest BCUT2D eigenvalue weighted by Crippen LogP contribution is -2.11. The van der Waals surface area contributed by atoms with Crippen molar-refractivity contribution in [2.75, 3.05) is 5.32 Å². The van der Waals surface area contributed by atoms with Gasteiger partial charge in [-0.2, -0.15) is 0 Å². The zero-order valence-corrected chi connectivity index (χ0v) is 13.2. The Morgan fingerprint density at radius 1 is 1.11 bits per heavy atom. The minimum Gasteiger partial charge on any atom is -0.366 e. The van der Waals surface area contributed by atoms with Crippen LogP contribution in [0.4, 0.5) is 5.82 Å². The van der Waals surface area contributed by atoms with Crippen molar-refractivity contribution in [1.29, 1.82) is 0 Å². The van der Waals surface area contributed by atoms with Gasteiger partial charge in [0, 0.05) is 17.2 Å². The summed E-state index contributed by atoms with van der Waals surface area (Å²) in [5, 5.41) is 3.34. The summed E-state index contributed by atoms with van der Waals surface area (Å²) in [6.07, 6.45) is 1.95. The Hall–Kier alpha value is -1.35. The molecular weight excluding hydrogens is 300 g/mol. The minimum absolute atomic E-state index is 0.147. The number of nitrogens with one attached hydrogen (secondary N) is 1. The molecule has 0 atom stereocenters. The summed E-state index contributed by atoms with van der Waals surface area (Å²) in [6, 6.07) is 12.4. The second-order valence-corrected chi connectivity index (χ2v) is 6.48. The van der Waals surface area contributed by atoms with Crippen LogP contribution in [0.2, 0.25) is 0 Å². The Morgan fingerprint density at radius 3 is 2.42 bits per heavy atom. The molecule has 0 radical (unpaired) electrons. The number of halogens is 1. The molecule has 2 rings (SSSR count). The molecule has 0 fully saturated rings. The molecule has 1 aromatic heterocycles. The van der Waals surface area contributed by atoms with Crippen molar-refractivity contribution in [2.45, 2.75) is 32.7 Å². The van der Waals surface area contributed by atoms with Gasteiger partial charge in [0.25, 0.3) is 0 Å². The van der Waals surface area contributed by atoms with Crippen LogP contribution in [0, 0.1) is 0 Å². The number of rotatable bonds is 3. The van der Waals surface area contributed by atoms with Crippen molar-refractivity contribution in [3.63, 3.8) is 0 Å². The standard InChI is InChI=1S/C16H19BrN2/c1-16(2,3)13-8-9-15(19-11-13)18-10-12-6-4-5-7-14(12)17/h4-9,11H,10H2,1-3H3,(H,18,19). The van der Waals surface area contributed by atoms with Crippen molar-refractivity contribution in [1.82, 2.24) is 4.98 Å². The molecule has 0 aliphatic carbocycles. The zero-order valence-electron chi connectivity index (χ0n) is 11.6. The molecule has 100 valence electrons. The van der Waals surface area contributed by atoms with Crippen LogP contribution in [0.25, 0.3) is 0 Å². The lowest BCUT2D eigenvalue weighted by atomic mass is 9.88. The van der Waals surface area contributed by atoms with Crippen molar-refractivity contribution < 1.29 is 0 Å². The minimum atomic E-state index is 0.147. The first-order chi connectivity index (χ1) is 8.97. The quantitative estimate of drug-likeness (QED) is 0.883. The van der Waals surface area contributed by atoms with E-state index in [2.05, 4.69) is 59.1 Å². The van der Waals surface area contributed by atoms with Crippen LogP contribution in [-0.2, 0) is 12.0 Å². The number of pyridine rings is 1. The predicted octanol–water partition coefficient (Wildman–Crippen LogP) is 4.75. The number of aromatic nitrogens is 1. The molecule has 2 aromatic rings. The van der Waals surface area contributed by atoms with Crippen LogP contribution in [0.3, 0.4) is 0 Å². The maximum atomic E-state index is 4.46. The highest BCUT2D eigenvalue weighted by Gasteiger charge is 2.13. The van der Waals surface area contributed by atoms with E-state index >= 15 is 0 Å². The molecule has 0 unspecified atom stereocenters. The fraction of sp³-hybridized carbons (Fsp3) is 0.312. The van der Waals surface area contributed by atoms with E-state index in [4.69, 9.17) is 0 Å². The maximum absolute atomic E-state index is 4.46. The first-order valence-corrected chi connectivity index (χ1v) is 7.20. The number of anilines is 1. The highest BCUT2D eigenvalue weighted by atomic mass is 79.9. The molecule has 1 aromatic carbocycles. The molecule has 0 saturated carbocycles. The molecule has 0 saturated heterocycles. The lowest BCUT2D eigenvalue weighted by molar-refractivity contribution is 0.587. The van der Waals surface area contributed by atoms with E-state index in [0.717, 1.165) is 16.8 Å².